The van der Waals surface area contributed by atoms with Gasteiger partial charge < -0.3 is 19.3 Å². The minimum Gasteiger partial charge on any atom is -0.395 e. The Bertz CT molecular complexity index is 707. The van der Waals surface area contributed by atoms with Crippen LogP contribution in [0.25, 0.3) is 0 Å². The molecule has 0 atom stereocenters. The molecule has 0 bridgehead atoms. The number of carbonyl (C=O) groups is 1. The number of anilines is 1. The highest BCUT2D eigenvalue weighted by Crippen LogP contribution is 2.42. The van der Waals surface area contributed by atoms with Crippen molar-refractivity contribution in [1.29, 1.82) is 0 Å². The van der Waals surface area contributed by atoms with Crippen molar-refractivity contribution in [3.63, 3.8) is 0 Å². The van der Waals surface area contributed by atoms with Crippen LogP contribution in [0, 0.1) is 13.8 Å². The molecular weight excluding hydrogens is 286 g/mol. The molecule has 0 radical (unpaired) electrons. The van der Waals surface area contributed by atoms with E-state index in [1.165, 1.54) is 18.2 Å². The summed E-state index contributed by atoms with van der Waals surface area (Å²) < 4.78 is 39.3. The Morgan fingerprint density at radius 2 is 1.95 bits per heavy atom. The highest BCUT2D eigenvalue weighted by atomic mass is 19.3. The Morgan fingerprint density at radius 1 is 1.24 bits per heavy atom. The van der Waals surface area contributed by atoms with E-state index in [0.29, 0.717) is 22.7 Å². The Morgan fingerprint density at radius 3 is 2.62 bits per heavy atom. The van der Waals surface area contributed by atoms with E-state index in [9.17, 15) is 13.6 Å². The molecule has 1 aromatic carbocycles. The molecule has 1 N–H and O–H groups in total. The van der Waals surface area contributed by atoms with Crippen molar-refractivity contribution in [1.82, 2.24) is 5.16 Å². The summed E-state index contributed by atoms with van der Waals surface area (Å²) in [6.07, 6.45) is -3.69. The molecule has 8 heteroatoms. The average Bonchev–Trinajstić information content (AvgIpc) is 2.86. The summed E-state index contributed by atoms with van der Waals surface area (Å²) in [6, 6.07) is 3.98. The fourth-order valence-corrected chi connectivity index (χ4v) is 2.03. The van der Waals surface area contributed by atoms with E-state index in [-0.39, 0.29) is 11.5 Å². The zero-order chi connectivity index (χ0) is 15.2. The molecule has 3 rings (SSSR count). The third-order valence-electron chi connectivity index (χ3n) is 2.92. The maximum Gasteiger partial charge on any atom is 0.586 e. The number of halogens is 2. The second-order valence-corrected chi connectivity index (χ2v) is 4.48. The number of benzene rings is 1. The van der Waals surface area contributed by atoms with Crippen molar-refractivity contribution in [3.8, 4) is 11.5 Å². The number of alkyl halides is 2. The van der Waals surface area contributed by atoms with Gasteiger partial charge >= 0.3 is 6.29 Å². The minimum absolute atomic E-state index is 0.0877. The molecule has 2 aromatic rings. The first-order valence-corrected chi connectivity index (χ1v) is 6.00. The molecule has 0 fully saturated rings. The molecule has 0 aliphatic carbocycles. The molecule has 110 valence electrons. The Labute approximate surface area is 117 Å². The van der Waals surface area contributed by atoms with Crippen LogP contribution in [0.15, 0.2) is 22.7 Å². The van der Waals surface area contributed by atoms with Crippen LogP contribution in [-0.2, 0) is 0 Å². The topological polar surface area (TPSA) is 73.6 Å². The fourth-order valence-electron chi connectivity index (χ4n) is 2.03. The molecule has 1 aliphatic heterocycles. The number of amides is 1. The van der Waals surface area contributed by atoms with E-state index in [0.717, 1.165) is 0 Å². The van der Waals surface area contributed by atoms with Crippen LogP contribution in [-0.4, -0.2) is 17.4 Å². The zero-order valence-corrected chi connectivity index (χ0v) is 11.1. The number of rotatable bonds is 2. The number of ether oxygens (including phenoxy) is 2. The van der Waals surface area contributed by atoms with E-state index in [4.69, 9.17) is 4.52 Å². The number of aromatic nitrogens is 1. The monoisotopic (exact) mass is 296 g/mol. The summed E-state index contributed by atoms with van der Waals surface area (Å²) in [5.41, 5.74) is 1.04. The molecule has 1 amide bonds. The average molecular weight is 296 g/mol. The smallest absolute Gasteiger partial charge is 0.395 e. The van der Waals surface area contributed by atoms with Gasteiger partial charge in [-0.15, -0.1) is 8.78 Å². The molecule has 0 spiro atoms. The molecule has 0 saturated carbocycles. The van der Waals surface area contributed by atoms with E-state index >= 15 is 0 Å². The van der Waals surface area contributed by atoms with Crippen LogP contribution in [0.5, 0.6) is 11.5 Å². The lowest BCUT2D eigenvalue weighted by molar-refractivity contribution is -0.286. The fraction of sp³-hybridized carbons (Fsp3) is 0.231. The second-order valence-electron chi connectivity index (χ2n) is 4.48. The number of carbonyl (C=O) groups excluding carboxylic acids is 1. The number of nitrogens with one attached hydrogen (secondary N) is 1. The summed E-state index contributed by atoms with van der Waals surface area (Å²) >= 11 is 0. The number of aryl methyl sites for hydroxylation is 2. The highest BCUT2D eigenvalue weighted by Gasteiger charge is 2.43. The van der Waals surface area contributed by atoms with Gasteiger partial charge in [0.2, 0.25) is 0 Å². The zero-order valence-electron chi connectivity index (χ0n) is 11.1. The molecule has 6 nitrogen and oxygen atoms in total. The van der Waals surface area contributed by atoms with Gasteiger partial charge in [0.25, 0.3) is 5.91 Å². The van der Waals surface area contributed by atoms with Crippen LogP contribution < -0.4 is 14.8 Å². The third-order valence-corrected chi connectivity index (χ3v) is 2.92. The summed E-state index contributed by atoms with van der Waals surface area (Å²) in [5.74, 6) is -0.305. The SMILES string of the molecule is Cc1noc(C)c1C(=O)Nc1ccc2c(c1)OC(F)(F)O2. The summed E-state index contributed by atoms with van der Waals surface area (Å²) in [4.78, 5) is 12.1. The first-order valence-electron chi connectivity index (χ1n) is 6.00. The van der Waals surface area contributed by atoms with E-state index in [1.807, 2.05) is 0 Å². The van der Waals surface area contributed by atoms with Crippen molar-refractivity contribution >= 4 is 11.6 Å². The molecule has 1 aromatic heterocycles. The normalized spacial score (nSPS) is 15.0. The maximum atomic E-state index is 12.9. The first kappa shape index (κ1) is 13.3. The Balaban J connectivity index is 1.83. The lowest BCUT2D eigenvalue weighted by atomic mass is 10.2. The molecule has 2 heterocycles. The van der Waals surface area contributed by atoms with Crippen LogP contribution in [0.1, 0.15) is 21.8 Å². The Hall–Kier alpha value is -2.64. The van der Waals surface area contributed by atoms with Crippen LogP contribution >= 0.6 is 0 Å². The molecule has 0 unspecified atom stereocenters. The predicted octanol–water partition coefficient (Wildman–Crippen LogP) is 2.87. The van der Waals surface area contributed by atoms with Crippen LogP contribution in [0.3, 0.4) is 0 Å². The largest absolute Gasteiger partial charge is 0.586 e. The van der Waals surface area contributed by atoms with E-state index in [1.54, 1.807) is 13.8 Å². The maximum absolute atomic E-state index is 12.9. The Kier molecular flexibility index (Phi) is 2.82. The van der Waals surface area contributed by atoms with Crippen LogP contribution in [0.2, 0.25) is 0 Å². The number of nitrogens with zero attached hydrogens (tertiary/aromatic N) is 1. The van der Waals surface area contributed by atoms with Gasteiger partial charge in [0.1, 0.15) is 11.3 Å². The minimum atomic E-state index is -3.69. The van der Waals surface area contributed by atoms with Crippen molar-refractivity contribution in [2.75, 3.05) is 5.32 Å². The van der Waals surface area contributed by atoms with Gasteiger partial charge in [-0.25, -0.2) is 0 Å². The summed E-state index contributed by atoms with van der Waals surface area (Å²) in [5, 5.41) is 6.24. The lowest BCUT2D eigenvalue weighted by Gasteiger charge is -2.05. The van der Waals surface area contributed by atoms with Crippen molar-refractivity contribution in [2.45, 2.75) is 20.1 Å². The van der Waals surface area contributed by atoms with Crippen molar-refractivity contribution < 1.29 is 27.6 Å². The van der Waals surface area contributed by atoms with Gasteiger partial charge in [-0.3, -0.25) is 4.79 Å². The van der Waals surface area contributed by atoms with Gasteiger partial charge in [-0.1, -0.05) is 5.16 Å². The van der Waals surface area contributed by atoms with Gasteiger partial charge in [0.05, 0.1) is 5.69 Å². The standard InChI is InChI=1S/C13H10F2N2O4/c1-6-11(7(2)21-17-6)12(18)16-8-3-4-9-10(5-8)20-13(14,15)19-9/h3-5H,1-2H3,(H,16,18). The number of hydrogen-bond acceptors (Lipinski definition) is 5. The quantitative estimate of drug-likeness (QED) is 0.922. The predicted molar refractivity (Wildman–Crippen MR) is 66.6 cm³/mol. The van der Waals surface area contributed by atoms with Gasteiger partial charge in [-0.2, -0.15) is 0 Å². The molecule has 1 aliphatic rings. The lowest BCUT2D eigenvalue weighted by Crippen LogP contribution is -2.25. The second kappa shape index (κ2) is 4.44. The van der Waals surface area contributed by atoms with Gasteiger partial charge in [0, 0.05) is 11.8 Å². The van der Waals surface area contributed by atoms with E-state index in [2.05, 4.69) is 19.9 Å². The molecule has 0 saturated heterocycles. The number of fused-ring (bicyclic) bond motifs is 1. The number of hydrogen-bond donors (Lipinski definition) is 1. The van der Waals surface area contributed by atoms with Crippen molar-refractivity contribution in [2.24, 2.45) is 0 Å². The van der Waals surface area contributed by atoms with Crippen LogP contribution in [0.4, 0.5) is 14.5 Å². The van der Waals surface area contributed by atoms with Gasteiger partial charge in [0.15, 0.2) is 11.5 Å². The first-order chi connectivity index (χ1) is 9.85. The van der Waals surface area contributed by atoms with Gasteiger partial charge in [-0.05, 0) is 26.0 Å². The summed E-state index contributed by atoms with van der Waals surface area (Å²) in [6.45, 7) is 3.24. The van der Waals surface area contributed by atoms with E-state index < -0.39 is 12.2 Å². The van der Waals surface area contributed by atoms with Crippen molar-refractivity contribution in [3.05, 3.63) is 35.2 Å². The molecule has 21 heavy (non-hydrogen) atoms. The summed E-state index contributed by atoms with van der Waals surface area (Å²) in [7, 11) is 0. The molecular formula is C13H10F2N2O4. The third kappa shape index (κ3) is 2.39. The highest BCUT2D eigenvalue weighted by molar-refractivity contribution is 6.05.